The van der Waals surface area contributed by atoms with Crippen molar-refractivity contribution in [3.8, 4) is 11.1 Å². The standard InChI is InChI=1S/C20H16F6N2O3/c1-18(10-30-9-17(27-18)28-31-11-29)14-4-2-3-12(5-14)13-6-15(19(21,22)23)8-16(7-13)20(24,25)26/h2-8,11H,9-10H2,1H3,(H,27,28). The van der Waals surface area contributed by atoms with Crippen molar-refractivity contribution in [1.29, 1.82) is 0 Å². The van der Waals surface area contributed by atoms with Gasteiger partial charge in [-0.05, 0) is 47.9 Å². The topological polar surface area (TPSA) is 59.9 Å². The van der Waals surface area contributed by atoms with Gasteiger partial charge in [0.25, 0.3) is 0 Å². The predicted octanol–water partition coefficient (Wildman–Crippen LogP) is 4.71. The number of carbonyl (C=O) groups is 1. The monoisotopic (exact) mass is 446 g/mol. The van der Waals surface area contributed by atoms with E-state index in [-0.39, 0.29) is 42.7 Å². The number of hydrogen-bond acceptors (Lipinski definition) is 5. The molecule has 1 N–H and O–H groups in total. The molecule has 1 atom stereocenters. The van der Waals surface area contributed by atoms with Crippen molar-refractivity contribution in [2.75, 3.05) is 13.2 Å². The quantitative estimate of drug-likeness (QED) is 0.420. The molecule has 1 aliphatic heterocycles. The van der Waals surface area contributed by atoms with E-state index in [0.29, 0.717) is 17.7 Å². The van der Waals surface area contributed by atoms with Gasteiger partial charge in [-0.25, -0.2) is 5.48 Å². The zero-order valence-corrected chi connectivity index (χ0v) is 16.0. The second-order valence-electron chi connectivity index (χ2n) is 7.02. The van der Waals surface area contributed by atoms with E-state index < -0.39 is 29.0 Å². The third kappa shape index (κ3) is 5.16. The maximum absolute atomic E-state index is 13.2. The van der Waals surface area contributed by atoms with E-state index in [0.717, 1.165) is 0 Å². The van der Waals surface area contributed by atoms with Crippen molar-refractivity contribution >= 4 is 12.3 Å². The Morgan fingerprint density at radius 2 is 1.68 bits per heavy atom. The van der Waals surface area contributed by atoms with Crippen molar-refractivity contribution < 1.29 is 40.7 Å². The van der Waals surface area contributed by atoms with Crippen molar-refractivity contribution in [2.45, 2.75) is 24.8 Å². The number of halogens is 6. The van der Waals surface area contributed by atoms with Gasteiger partial charge in [0.15, 0.2) is 5.84 Å². The lowest BCUT2D eigenvalue weighted by Gasteiger charge is -2.31. The molecule has 2 aromatic rings. The van der Waals surface area contributed by atoms with E-state index in [2.05, 4.69) is 15.3 Å². The van der Waals surface area contributed by atoms with Crippen LogP contribution < -0.4 is 5.48 Å². The summed E-state index contributed by atoms with van der Waals surface area (Å²) in [4.78, 5) is 19.2. The highest BCUT2D eigenvalue weighted by Crippen LogP contribution is 2.39. The smallest absolute Gasteiger partial charge is 0.371 e. The van der Waals surface area contributed by atoms with Gasteiger partial charge in [-0.1, -0.05) is 18.2 Å². The van der Waals surface area contributed by atoms with Gasteiger partial charge in [-0.3, -0.25) is 9.79 Å². The first kappa shape index (κ1) is 22.6. The van der Waals surface area contributed by atoms with Crippen molar-refractivity contribution in [2.24, 2.45) is 4.99 Å². The Labute approximate surface area is 172 Å². The van der Waals surface area contributed by atoms with E-state index in [1.165, 1.54) is 18.2 Å². The number of amidine groups is 1. The highest BCUT2D eigenvalue weighted by atomic mass is 19.4. The molecule has 1 aliphatic rings. The number of rotatable bonds is 4. The molecule has 5 nitrogen and oxygen atoms in total. The van der Waals surface area contributed by atoms with Crippen LogP contribution in [0.5, 0.6) is 0 Å². The lowest BCUT2D eigenvalue weighted by atomic mass is 9.89. The third-order valence-electron chi connectivity index (χ3n) is 4.63. The molecule has 0 aromatic heterocycles. The molecule has 2 aromatic carbocycles. The van der Waals surface area contributed by atoms with Crippen molar-refractivity contribution in [3.63, 3.8) is 0 Å². The number of carbonyl (C=O) groups excluding carboxylic acids is 1. The fraction of sp³-hybridized carbons (Fsp3) is 0.300. The molecule has 0 saturated carbocycles. The van der Waals surface area contributed by atoms with Gasteiger partial charge < -0.3 is 9.57 Å². The summed E-state index contributed by atoms with van der Waals surface area (Å²) in [5, 5.41) is 0. The minimum atomic E-state index is -4.94. The first-order valence-electron chi connectivity index (χ1n) is 8.84. The highest BCUT2D eigenvalue weighted by molar-refractivity contribution is 5.84. The first-order valence-corrected chi connectivity index (χ1v) is 8.84. The molecule has 11 heteroatoms. The zero-order chi connectivity index (χ0) is 22.9. The Bertz CT molecular complexity index is 971. The third-order valence-corrected chi connectivity index (χ3v) is 4.63. The van der Waals surface area contributed by atoms with E-state index in [4.69, 9.17) is 4.74 Å². The summed E-state index contributed by atoms with van der Waals surface area (Å²) >= 11 is 0. The normalized spacial score (nSPS) is 19.5. The molecule has 166 valence electrons. The summed E-state index contributed by atoms with van der Waals surface area (Å²) in [6.07, 6.45) is -9.89. The average Bonchev–Trinajstić information content (AvgIpc) is 2.71. The minimum absolute atomic E-state index is 0.0334. The molecule has 0 spiro atoms. The second kappa shape index (κ2) is 8.22. The summed E-state index contributed by atoms with van der Waals surface area (Å²) in [7, 11) is 0. The lowest BCUT2D eigenvalue weighted by Crippen LogP contribution is -2.40. The minimum Gasteiger partial charge on any atom is -0.371 e. The summed E-state index contributed by atoms with van der Waals surface area (Å²) in [5.74, 6) is 0.199. The molecular weight excluding hydrogens is 430 g/mol. The Hall–Kier alpha value is -3.08. The van der Waals surface area contributed by atoms with E-state index in [1.54, 1.807) is 13.0 Å². The fourth-order valence-corrected chi connectivity index (χ4v) is 3.16. The predicted molar refractivity (Wildman–Crippen MR) is 97.8 cm³/mol. The Morgan fingerprint density at radius 1 is 1.03 bits per heavy atom. The van der Waals surface area contributed by atoms with Crippen LogP contribution in [-0.4, -0.2) is 25.5 Å². The van der Waals surface area contributed by atoms with Crippen molar-refractivity contribution in [3.05, 3.63) is 59.2 Å². The number of ether oxygens (including phenoxy) is 1. The van der Waals surface area contributed by atoms with Gasteiger partial charge in [-0.15, -0.1) is 0 Å². The van der Waals surface area contributed by atoms with Crippen LogP contribution in [0.1, 0.15) is 23.6 Å². The van der Waals surface area contributed by atoms with Crippen molar-refractivity contribution in [1.82, 2.24) is 5.48 Å². The Balaban J connectivity index is 2.06. The average molecular weight is 446 g/mol. The molecular formula is C20H16F6N2O3. The van der Waals surface area contributed by atoms with E-state index in [1.807, 2.05) is 0 Å². The lowest BCUT2D eigenvalue weighted by molar-refractivity contribution is -0.143. The number of nitrogens with one attached hydrogen (secondary N) is 1. The Morgan fingerprint density at radius 3 is 2.26 bits per heavy atom. The van der Waals surface area contributed by atoms with E-state index in [9.17, 15) is 31.1 Å². The highest BCUT2D eigenvalue weighted by Gasteiger charge is 2.37. The number of aliphatic imine (C=N–C) groups is 1. The molecule has 0 fully saturated rings. The van der Waals surface area contributed by atoms with Gasteiger partial charge in [0, 0.05) is 0 Å². The summed E-state index contributed by atoms with van der Waals surface area (Å²) in [6.45, 7) is 1.95. The number of nitrogens with zero attached hydrogens (tertiary/aromatic N) is 1. The summed E-state index contributed by atoms with van der Waals surface area (Å²) in [6, 6.07) is 7.40. The number of alkyl halides is 6. The van der Waals surface area contributed by atoms with Gasteiger partial charge in [0.2, 0.25) is 0 Å². The molecule has 1 heterocycles. The fourth-order valence-electron chi connectivity index (χ4n) is 3.16. The van der Waals surface area contributed by atoms with Crippen LogP contribution in [0.15, 0.2) is 47.5 Å². The summed E-state index contributed by atoms with van der Waals surface area (Å²) < 4.78 is 84.5. The second-order valence-corrected chi connectivity index (χ2v) is 7.02. The molecule has 0 aliphatic carbocycles. The van der Waals surface area contributed by atoms with Crippen LogP contribution in [0.4, 0.5) is 26.3 Å². The van der Waals surface area contributed by atoms with Crippen LogP contribution in [0, 0.1) is 0 Å². The Kier molecular flexibility index (Phi) is 5.99. The van der Waals surface area contributed by atoms with Gasteiger partial charge in [-0.2, -0.15) is 26.3 Å². The van der Waals surface area contributed by atoms with Crippen LogP contribution >= 0.6 is 0 Å². The van der Waals surface area contributed by atoms with Crippen LogP contribution in [0.3, 0.4) is 0 Å². The summed E-state index contributed by atoms with van der Waals surface area (Å²) in [5.41, 5.74) is -1.12. The number of hydroxylamine groups is 1. The zero-order valence-electron chi connectivity index (χ0n) is 16.0. The van der Waals surface area contributed by atoms with Gasteiger partial charge in [0.1, 0.15) is 12.1 Å². The molecule has 3 rings (SSSR count). The maximum atomic E-state index is 13.2. The largest absolute Gasteiger partial charge is 0.416 e. The molecule has 1 unspecified atom stereocenters. The first-order chi connectivity index (χ1) is 14.4. The van der Waals surface area contributed by atoms with Gasteiger partial charge >= 0.3 is 18.8 Å². The van der Waals surface area contributed by atoms with Gasteiger partial charge in [0.05, 0.1) is 17.7 Å². The number of hydrogen-bond donors (Lipinski definition) is 1. The SMILES string of the molecule is CC1(c2cccc(-c3cc(C(F)(F)F)cc(C(F)(F)F)c3)c2)COCC(NOC=O)=N1. The van der Waals surface area contributed by atoms with Crippen LogP contribution in [-0.2, 0) is 32.3 Å². The number of benzene rings is 2. The molecule has 0 radical (unpaired) electrons. The molecule has 0 amide bonds. The molecule has 0 bridgehead atoms. The van der Waals surface area contributed by atoms with Crippen LogP contribution in [0.25, 0.3) is 11.1 Å². The molecule has 0 saturated heterocycles. The molecule has 31 heavy (non-hydrogen) atoms. The van der Waals surface area contributed by atoms with Crippen LogP contribution in [0.2, 0.25) is 0 Å². The van der Waals surface area contributed by atoms with E-state index >= 15 is 0 Å². The maximum Gasteiger partial charge on any atom is 0.416 e.